The van der Waals surface area contributed by atoms with Crippen molar-refractivity contribution in [3.63, 3.8) is 0 Å². The van der Waals surface area contributed by atoms with Crippen LogP contribution in [-0.2, 0) is 70.2 Å². The van der Waals surface area contributed by atoms with Crippen LogP contribution < -0.4 is 38.5 Å². The predicted molar refractivity (Wildman–Crippen MR) is 546 cm³/mol. The summed E-state index contributed by atoms with van der Waals surface area (Å²) in [6.45, 7) is 33.7. The molecule has 0 fully saturated rings. The highest BCUT2D eigenvalue weighted by molar-refractivity contribution is 7.17. The summed E-state index contributed by atoms with van der Waals surface area (Å²) in [5, 5.41) is 20.8. The van der Waals surface area contributed by atoms with Crippen molar-refractivity contribution >= 4 is 174 Å². The summed E-state index contributed by atoms with van der Waals surface area (Å²) >= 11 is 1.62. The summed E-state index contributed by atoms with van der Waals surface area (Å²) in [5.74, 6) is 0.476. The highest BCUT2D eigenvalue weighted by Gasteiger charge is 2.15. The summed E-state index contributed by atoms with van der Waals surface area (Å²) in [7, 11) is 0. The van der Waals surface area contributed by atoms with E-state index in [1.54, 1.807) is 78.9 Å². The van der Waals surface area contributed by atoms with Crippen LogP contribution in [0.5, 0.6) is 40.2 Å². The monoisotopic (exact) mass is 1870 g/mol. The van der Waals surface area contributed by atoms with Gasteiger partial charge in [0.05, 0.1) is 26.1 Å². The Bertz CT molecular complexity index is 7430. The number of carbonyl (C=O) groups excluding carboxylic acids is 9. The minimum Gasteiger partial charge on any atom is -0.491 e. The molecule has 26 heteroatoms. The van der Waals surface area contributed by atoms with E-state index in [1.165, 1.54) is 57.5 Å². The fourth-order valence-electron chi connectivity index (χ4n) is 13.2. The van der Waals surface area contributed by atoms with Crippen LogP contribution in [0.15, 0.2) is 405 Å². The van der Waals surface area contributed by atoms with Crippen molar-refractivity contribution in [2.24, 2.45) is 0 Å². The maximum Gasteiger partial charge on any atom is 0.338 e. The number of thiophene rings is 1. The van der Waals surface area contributed by atoms with Crippen LogP contribution in [0.3, 0.4) is 0 Å². The molecule has 139 heavy (non-hydrogen) atoms. The van der Waals surface area contributed by atoms with Gasteiger partial charge in [0.25, 0.3) is 0 Å². The third kappa shape index (κ3) is 30.6. The molecule has 1 amide bonds. The number of anilines is 1. The van der Waals surface area contributed by atoms with Gasteiger partial charge in [0.2, 0.25) is 5.91 Å². The van der Waals surface area contributed by atoms with Crippen LogP contribution >= 0.6 is 11.3 Å². The van der Waals surface area contributed by atoms with E-state index in [0.717, 1.165) is 118 Å². The number of nitrogens with zero attached hydrogens (tertiary/aromatic N) is 4. The van der Waals surface area contributed by atoms with E-state index in [4.69, 9.17) is 47.4 Å². The lowest BCUT2D eigenvalue weighted by Gasteiger charge is -2.09. The second-order valence-corrected chi connectivity index (χ2v) is 30.3. The first-order valence-electron chi connectivity index (χ1n) is 43.0. The molecule has 18 rings (SSSR count). The number of carbonyl (C=O) groups is 9. The van der Waals surface area contributed by atoms with Crippen LogP contribution in [-0.4, -0.2) is 112 Å². The van der Waals surface area contributed by atoms with Gasteiger partial charge in [-0.15, -0.1) is 11.3 Å². The average molecular weight is 1870 g/mol. The number of nitrogens with one attached hydrogen (secondary N) is 2. The van der Waals surface area contributed by atoms with Crippen molar-refractivity contribution in [2.75, 3.05) is 38.4 Å². The third-order valence-corrected chi connectivity index (χ3v) is 20.7. The molecule has 25 nitrogen and oxygen atoms in total. The summed E-state index contributed by atoms with van der Waals surface area (Å²) < 4.78 is 52.5. The fraction of sp³-hybridized carbons (Fsp3) is 0.0708. The van der Waals surface area contributed by atoms with E-state index < -0.39 is 47.8 Å². The molecule has 1 aliphatic rings. The lowest BCUT2D eigenvalue weighted by atomic mass is 10.0. The molecule has 0 atom stereocenters. The highest BCUT2D eigenvalue weighted by atomic mass is 32.1. The molecule has 0 radical (unpaired) electrons. The number of benzene rings is 13. The molecule has 4 aromatic heterocycles. The minimum absolute atomic E-state index is 0.216. The Morgan fingerprint density at radius 2 is 0.863 bits per heavy atom. The topological polar surface area (TPSA) is 325 Å². The fourth-order valence-corrected chi connectivity index (χ4v) is 14.0. The van der Waals surface area contributed by atoms with E-state index in [-0.39, 0.29) is 12.5 Å². The lowest BCUT2D eigenvalue weighted by molar-refractivity contribution is -0.139. The molecule has 0 bridgehead atoms. The largest absolute Gasteiger partial charge is 0.491 e. The van der Waals surface area contributed by atoms with E-state index in [2.05, 4.69) is 144 Å². The normalized spacial score (nSPS) is 10.4. The zero-order valence-electron chi connectivity index (χ0n) is 75.7. The number of rotatable bonds is 26. The number of pyridine rings is 1. The quantitative estimate of drug-likeness (QED) is 0.0127. The molecule has 0 aliphatic heterocycles. The second-order valence-electron chi connectivity index (χ2n) is 29.4. The van der Waals surface area contributed by atoms with E-state index in [1.807, 2.05) is 169 Å². The maximum atomic E-state index is 11.4. The van der Waals surface area contributed by atoms with Crippen molar-refractivity contribution < 1.29 is 90.5 Å². The van der Waals surface area contributed by atoms with Gasteiger partial charge in [0.1, 0.15) is 65.3 Å². The van der Waals surface area contributed by atoms with E-state index >= 15 is 0 Å². The van der Waals surface area contributed by atoms with Gasteiger partial charge >= 0.3 is 47.8 Å². The van der Waals surface area contributed by atoms with Gasteiger partial charge < -0.3 is 57.7 Å². The van der Waals surface area contributed by atoms with Gasteiger partial charge in [-0.05, 0) is 210 Å². The molecule has 0 spiro atoms. The van der Waals surface area contributed by atoms with Gasteiger partial charge in [-0.1, -0.05) is 223 Å². The van der Waals surface area contributed by atoms with Crippen molar-refractivity contribution in [1.29, 1.82) is 0 Å². The summed E-state index contributed by atoms with van der Waals surface area (Å²) in [6.07, 6.45) is 19.5. The standard InChI is InChI=1S/C21H20O4.C17H12O2.C16H12O4.C14H13NO2.C14H12O2.C12H10O2.C11H8O2S.C8H7N5O/c1-2-21(22)25-12-10-23-9-11-24-20-8-7-18-13-16-5-3-4-6-17(16)14-19(18)15-20;1-2-17(18)19-16-9-5-8-14-13-7-4-3-6-12(13)10-11-15(14)16;1-3-15(17)19-13-7-5-12-10-14(20-16(18)4-2)8-6-11(12)9-13;1-2-14(16)17-8-7-13-9-11-5-3-4-6-12(11)10-15-13;1-10(2)14(15)16-13-9-5-7-11-6-3-4-8-12(11)13;1-2-12(13)14-11-7-6-9-4-3-5-10(9)8-11;1-2-11(12)13-9-4-3-8-5-6-14-10(8)7-9;1-2-5(14)13-8-6-7(10-3-9-6)11-4-12-8/h2-8,13-15H,1,9-12H2;2-11H,1H2;3-10H,1-2H2;2-6,9-10H,1,7-8H2;3-9H,1H2,2H3;2-4,6-8H,1,5H2;2-7H,1H2;2-4H,1H2,(H2,9,10,11,12,13,14). The smallest absolute Gasteiger partial charge is 0.338 e. The molecule has 4 heterocycles. The molecule has 2 N–H and O–H groups in total. The Balaban J connectivity index is 0.000000153. The van der Waals surface area contributed by atoms with Crippen LogP contribution in [0.4, 0.5) is 5.82 Å². The number of amides is 1. The summed E-state index contributed by atoms with van der Waals surface area (Å²) in [4.78, 5) is 118. The van der Waals surface area contributed by atoms with Crippen molar-refractivity contribution in [2.45, 2.75) is 19.8 Å². The number of H-pyrrole nitrogens is 1. The molecule has 0 saturated carbocycles. The SMILES string of the molecule is C=C(C)C(=O)Oc1cccc2ccccc12.C=CC(=O)Nc1ncnc2nc[nH]c12.C=CC(=O)OCCOCCOc1ccc2cc3ccccc3cc2c1.C=CC(=O)OCCc1cc2ccccc2cn1.C=CC(=O)Oc1ccc2c(c1)CC=C2.C=CC(=O)Oc1ccc2cc(OC(=O)C=C)ccc2c1.C=CC(=O)Oc1ccc2ccsc2c1.C=CC(=O)Oc1cccc2c1ccc1ccccc12. The van der Waals surface area contributed by atoms with Crippen LogP contribution in [0, 0.1) is 0 Å². The number of aromatic nitrogens is 5. The molecular formula is C113H94N6O19S. The number of imidazole rings is 1. The Labute approximate surface area is 803 Å². The molecule has 696 valence electrons. The average Bonchev–Trinajstić information content (AvgIpc) is 1.51. The number of ether oxygens (including phenoxy) is 10. The third-order valence-electron chi connectivity index (χ3n) is 19.8. The predicted octanol–water partition coefficient (Wildman–Crippen LogP) is 22.9. The minimum atomic E-state index is -0.513. The number of fused-ring (bicyclic) bond motifs is 11. The van der Waals surface area contributed by atoms with Crippen LogP contribution in [0.25, 0.3) is 103 Å². The zero-order valence-corrected chi connectivity index (χ0v) is 76.5. The molecule has 13 aromatic carbocycles. The highest BCUT2D eigenvalue weighted by Crippen LogP contribution is 2.34. The van der Waals surface area contributed by atoms with E-state index in [9.17, 15) is 43.2 Å². The van der Waals surface area contributed by atoms with Gasteiger partial charge in [0.15, 0.2) is 11.5 Å². The molecular weight excluding hydrogens is 1780 g/mol. The first kappa shape index (κ1) is 101. The van der Waals surface area contributed by atoms with Crippen molar-refractivity contribution in [1.82, 2.24) is 24.9 Å². The Kier molecular flexibility index (Phi) is 38.1. The number of hydrogen-bond acceptors (Lipinski definition) is 24. The zero-order chi connectivity index (χ0) is 98.8. The summed E-state index contributed by atoms with van der Waals surface area (Å²) in [6, 6.07) is 83.5. The molecule has 1 aliphatic carbocycles. The van der Waals surface area contributed by atoms with Gasteiger partial charge in [-0.25, -0.2) is 53.3 Å². The lowest BCUT2D eigenvalue weighted by Crippen LogP contribution is -2.12. The number of aromatic amines is 1. The van der Waals surface area contributed by atoms with Crippen molar-refractivity contribution in [3.05, 3.63) is 421 Å². The van der Waals surface area contributed by atoms with Crippen LogP contribution in [0.2, 0.25) is 0 Å². The maximum absolute atomic E-state index is 11.4. The first-order valence-corrected chi connectivity index (χ1v) is 43.8. The van der Waals surface area contributed by atoms with Gasteiger partial charge in [-0.2, -0.15) is 0 Å². The number of esters is 8. The Morgan fingerprint density at radius 1 is 0.388 bits per heavy atom. The summed E-state index contributed by atoms with van der Waals surface area (Å²) in [5.41, 5.74) is 4.82. The van der Waals surface area contributed by atoms with Gasteiger partial charge in [0, 0.05) is 87.3 Å². The van der Waals surface area contributed by atoms with Gasteiger partial charge in [-0.3, -0.25) is 9.78 Å². The molecule has 17 aromatic rings. The number of hydrogen-bond donors (Lipinski definition) is 2. The Hall–Kier alpha value is -18.3. The van der Waals surface area contributed by atoms with Crippen LogP contribution in [0.1, 0.15) is 23.7 Å². The first-order chi connectivity index (χ1) is 67.5. The Morgan fingerprint density at radius 3 is 1.48 bits per heavy atom. The molecule has 0 saturated heterocycles. The molecule has 0 unspecified atom stereocenters. The van der Waals surface area contributed by atoms with Crippen molar-refractivity contribution in [3.8, 4) is 40.2 Å². The number of allylic oxidation sites excluding steroid dienone is 1. The van der Waals surface area contributed by atoms with E-state index in [0.29, 0.717) is 89.9 Å². The second kappa shape index (κ2) is 52.2.